The molecule has 0 saturated heterocycles. The van der Waals surface area contributed by atoms with E-state index in [4.69, 9.17) is 26.6 Å². The fourth-order valence-electron chi connectivity index (χ4n) is 3.10. The first-order chi connectivity index (χ1) is 16.2. The first-order valence-electron chi connectivity index (χ1n) is 10.5. The van der Waals surface area contributed by atoms with Gasteiger partial charge in [-0.2, -0.15) is 8.42 Å². The number of hydrogen-bond donors (Lipinski definition) is 3. The molecule has 4 N–H and O–H groups in total. The summed E-state index contributed by atoms with van der Waals surface area (Å²) < 4.78 is 36.6. The molecule has 180 valence electrons. The van der Waals surface area contributed by atoms with Crippen molar-refractivity contribution in [1.82, 2.24) is 0 Å². The summed E-state index contributed by atoms with van der Waals surface area (Å²) >= 11 is 8.02. The van der Waals surface area contributed by atoms with Gasteiger partial charge in [-0.15, -0.1) is 0 Å². The second-order valence-electron chi connectivity index (χ2n) is 7.81. The molecule has 9 heteroatoms. The quantitative estimate of drug-likeness (QED) is 0.302. The molecule has 0 radical (unpaired) electrons. The highest BCUT2D eigenvalue weighted by Crippen LogP contribution is 2.33. The fourth-order valence-corrected chi connectivity index (χ4v) is 4.79. The lowest BCUT2D eigenvalue weighted by atomic mass is 9.93. The van der Waals surface area contributed by atoms with Gasteiger partial charge >= 0.3 is 0 Å². The van der Waals surface area contributed by atoms with E-state index in [9.17, 15) is 13.5 Å². The summed E-state index contributed by atoms with van der Waals surface area (Å²) in [6.07, 6.45) is 1.75. The lowest BCUT2D eigenvalue weighted by Crippen LogP contribution is -2.42. The smallest absolute Gasteiger partial charge is 0.287 e. The number of aliphatic hydroxyl groups is 1. The van der Waals surface area contributed by atoms with Crippen molar-refractivity contribution in [1.29, 1.82) is 0 Å². The molecule has 6 nitrogen and oxygen atoms in total. The van der Waals surface area contributed by atoms with Gasteiger partial charge in [-0.05, 0) is 60.4 Å². The monoisotopic (exact) mass is 519 g/mol. The number of aryl methyl sites for hydroxylation is 1. The summed E-state index contributed by atoms with van der Waals surface area (Å²) in [7, 11) is -4.32. The largest absolute Gasteiger partial charge is 0.489 e. The number of ether oxygens (including phenoxy) is 1. The average Bonchev–Trinajstić information content (AvgIpc) is 2.81. The second kappa shape index (κ2) is 11.9. The molecule has 3 aromatic rings. The molecule has 0 aromatic heterocycles. The summed E-state index contributed by atoms with van der Waals surface area (Å²) in [5.41, 5.74) is 6.65. The topological polar surface area (TPSA) is 110 Å². The Hall–Kier alpha value is -2.33. The highest BCUT2D eigenvalue weighted by atomic mass is 35.5. The van der Waals surface area contributed by atoms with Crippen LogP contribution in [0.1, 0.15) is 17.5 Å². The van der Waals surface area contributed by atoms with Gasteiger partial charge in [0, 0.05) is 14.8 Å². The van der Waals surface area contributed by atoms with Gasteiger partial charge in [0.1, 0.15) is 12.4 Å². The fraction of sp³-hybridized carbons (Fsp3) is 0.200. The van der Waals surface area contributed by atoms with Crippen LogP contribution in [-0.4, -0.2) is 30.2 Å². The Kier molecular flexibility index (Phi) is 9.18. The zero-order valence-corrected chi connectivity index (χ0v) is 20.7. The van der Waals surface area contributed by atoms with Crippen LogP contribution in [0, 0.1) is 0 Å². The van der Waals surface area contributed by atoms with E-state index in [-0.39, 0.29) is 6.42 Å². The Labute approximate surface area is 209 Å². The summed E-state index contributed by atoms with van der Waals surface area (Å²) in [5.74, 6) is 0.776. The second-order valence-corrected chi connectivity index (χ2v) is 10.7. The van der Waals surface area contributed by atoms with Gasteiger partial charge in [0.15, 0.2) is 0 Å². The van der Waals surface area contributed by atoms with Crippen molar-refractivity contribution in [3.8, 4) is 5.75 Å². The van der Waals surface area contributed by atoms with E-state index in [1.54, 1.807) is 11.8 Å². The Morgan fingerprint density at radius 1 is 1.03 bits per heavy atom. The zero-order chi connectivity index (χ0) is 24.6. The number of hydrogen-bond acceptors (Lipinski definition) is 6. The van der Waals surface area contributed by atoms with Crippen LogP contribution in [0.15, 0.2) is 94.1 Å². The molecule has 3 aromatic carbocycles. The van der Waals surface area contributed by atoms with Gasteiger partial charge in [-0.3, -0.25) is 4.55 Å². The van der Waals surface area contributed by atoms with Crippen LogP contribution in [-0.2, 0) is 23.1 Å². The molecular formula is C25H26ClNO5S2. The lowest BCUT2D eigenvalue weighted by Gasteiger charge is -2.23. The zero-order valence-electron chi connectivity index (χ0n) is 18.3. The van der Waals surface area contributed by atoms with E-state index >= 15 is 0 Å². The van der Waals surface area contributed by atoms with Crippen LogP contribution in [0.2, 0.25) is 5.02 Å². The third-order valence-corrected chi connectivity index (χ3v) is 6.85. The first kappa shape index (κ1) is 26.3. The Morgan fingerprint density at radius 2 is 1.76 bits per heavy atom. The molecule has 0 aliphatic rings. The van der Waals surface area contributed by atoms with Crippen molar-refractivity contribution in [3.05, 3.63) is 100 Å². The number of benzene rings is 3. The molecule has 0 fully saturated rings. The van der Waals surface area contributed by atoms with Crippen molar-refractivity contribution >= 4 is 33.5 Å². The molecule has 0 bridgehead atoms. The molecule has 0 heterocycles. The summed E-state index contributed by atoms with van der Waals surface area (Å²) in [5, 5.41) is 10.7. The molecule has 1 unspecified atom stereocenters. The molecule has 1 atom stereocenters. The van der Waals surface area contributed by atoms with Crippen molar-refractivity contribution in [2.45, 2.75) is 34.8 Å². The van der Waals surface area contributed by atoms with Crippen molar-refractivity contribution in [2.75, 3.05) is 6.61 Å². The van der Waals surface area contributed by atoms with Crippen molar-refractivity contribution in [2.24, 2.45) is 5.73 Å². The number of nitrogens with two attached hydrogens (primary N) is 1. The van der Waals surface area contributed by atoms with E-state index in [0.29, 0.717) is 23.5 Å². The minimum atomic E-state index is -4.32. The Balaban J connectivity index is 1.62. The van der Waals surface area contributed by atoms with Crippen molar-refractivity contribution < 1.29 is 22.8 Å². The van der Waals surface area contributed by atoms with Crippen LogP contribution in [0.3, 0.4) is 0 Å². The van der Waals surface area contributed by atoms with Crippen LogP contribution in [0.25, 0.3) is 0 Å². The maximum absolute atomic E-state index is 10.9. The molecule has 0 aliphatic carbocycles. The normalized spacial score (nSPS) is 13.6. The molecule has 34 heavy (non-hydrogen) atoms. The number of aliphatic hydroxyl groups excluding tert-OH is 1. The van der Waals surface area contributed by atoms with Gasteiger partial charge in [0.25, 0.3) is 10.1 Å². The van der Waals surface area contributed by atoms with E-state index < -0.39 is 22.3 Å². The van der Waals surface area contributed by atoms with Crippen LogP contribution in [0.4, 0.5) is 0 Å². The predicted octanol–water partition coefficient (Wildman–Crippen LogP) is 5.09. The van der Waals surface area contributed by atoms with Gasteiger partial charge < -0.3 is 15.6 Å². The maximum Gasteiger partial charge on any atom is 0.287 e. The van der Waals surface area contributed by atoms with Crippen LogP contribution in [0.5, 0.6) is 5.75 Å². The molecule has 0 saturated carbocycles. The lowest BCUT2D eigenvalue weighted by molar-refractivity contribution is 0.220. The Morgan fingerprint density at radius 3 is 2.44 bits per heavy atom. The Bertz CT molecular complexity index is 1240. The highest BCUT2D eigenvalue weighted by molar-refractivity contribution is 7.99. The summed E-state index contributed by atoms with van der Waals surface area (Å²) in [4.78, 5) is 1.95. The minimum Gasteiger partial charge on any atom is -0.489 e. The van der Waals surface area contributed by atoms with Gasteiger partial charge in [-0.25, -0.2) is 0 Å². The van der Waals surface area contributed by atoms with E-state index in [1.165, 1.54) is 0 Å². The predicted molar refractivity (Wildman–Crippen MR) is 136 cm³/mol. The SMILES string of the molecule is NC(C=CS(=O)(=O)O)(CO)CCc1ccc(Sc2cccc(OCc3ccccc3)c2)cc1Cl. The third-order valence-electron chi connectivity index (χ3n) is 5.04. The minimum absolute atomic E-state index is 0.239. The van der Waals surface area contributed by atoms with Gasteiger partial charge in [-0.1, -0.05) is 65.8 Å². The summed E-state index contributed by atoms with van der Waals surface area (Å²) in [6.45, 7) is 0.0125. The van der Waals surface area contributed by atoms with Crippen LogP contribution >= 0.6 is 23.4 Å². The maximum atomic E-state index is 10.9. The first-order valence-corrected chi connectivity index (χ1v) is 13.2. The van der Waals surface area contributed by atoms with Crippen molar-refractivity contribution in [3.63, 3.8) is 0 Å². The molecule has 0 aliphatic heterocycles. The van der Waals surface area contributed by atoms with E-state index in [1.807, 2.05) is 72.8 Å². The standard InChI is InChI=1S/C25H26ClNO5S2/c26-24-16-23(10-9-20(24)11-12-25(27,18-28)13-14-34(29,30)31)33-22-8-4-7-21(15-22)32-17-19-5-2-1-3-6-19/h1-10,13-16,28H,11-12,17-18,27H2,(H,29,30,31). The highest BCUT2D eigenvalue weighted by Gasteiger charge is 2.22. The van der Waals surface area contributed by atoms with E-state index in [0.717, 1.165) is 32.7 Å². The molecule has 0 amide bonds. The molecule has 3 rings (SSSR count). The number of rotatable bonds is 11. The third kappa shape index (κ3) is 8.47. The van der Waals surface area contributed by atoms with Gasteiger partial charge in [0.2, 0.25) is 0 Å². The molecular weight excluding hydrogens is 494 g/mol. The molecule has 0 spiro atoms. The summed E-state index contributed by atoms with van der Waals surface area (Å²) in [6, 6.07) is 23.5. The van der Waals surface area contributed by atoms with E-state index in [2.05, 4.69) is 0 Å². The van der Waals surface area contributed by atoms with Crippen LogP contribution < -0.4 is 10.5 Å². The number of halogens is 1. The average molecular weight is 520 g/mol. The van der Waals surface area contributed by atoms with Gasteiger partial charge in [0.05, 0.1) is 17.6 Å².